The van der Waals surface area contributed by atoms with Crippen molar-refractivity contribution < 1.29 is 9.50 Å². The molecule has 2 aliphatic rings. The van der Waals surface area contributed by atoms with Crippen LogP contribution in [0.4, 0.5) is 4.39 Å². The minimum absolute atomic E-state index is 0.0470. The van der Waals surface area contributed by atoms with Crippen molar-refractivity contribution in [2.75, 3.05) is 0 Å². The molecule has 1 saturated carbocycles. The van der Waals surface area contributed by atoms with Crippen LogP contribution in [0.15, 0.2) is 67.0 Å². The molecular weight excluding hydrogens is 425 g/mol. The first-order valence-corrected chi connectivity index (χ1v) is 12.3. The molecule has 6 rings (SSSR count). The molecule has 0 amide bonds. The highest BCUT2D eigenvalue weighted by atomic mass is 19.1. The van der Waals surface area contributed by atoms with Gasteiger partial charge in [-0.15, -0.1) is 0 Å². The van der Waals surface area contributed by atoms with E-state index in [4.69, 9.17) is 4.98 Å². The second-order valence-corrected chi connectivity index (χ2v) is 10.5. The van der Waals surface area contributed by atoms with Crippen molar-refractivity contribution >= 4 is 10.9 Å². The van der Waals surface area contributed by atoms with E-state index in [1.807, 2.05) is 30.1 Å². The van der Waals surface area contributed by atoms with E-state index in [0.717, 1.165) is 67.2 Å². The molecule has 4 aromatic rings. The minimum atomic E-state index is -0.611. The van der Waals surface area contributed by atoms with E-state index >= 15 is 0 Å². The normalized spacial score (nSPS) is 26.6. The van der Waals surface area contributed by atoms with E-state index in [1.54, 1.807) is 12.1 Å². The predicted octanol–water partition coefficient (Wildman–Crippen LogP) is 5.93. The largest absolute Gasteiger partial charge is 0.390 e. The van der Waals surface area contributed by atoms with Gasteiger partial charge in [0.1, 0.15) is 5.82 Å². The molecule has 1 fully saturated rings. The summed E-state index contributed by atoms with van der Waals surface area (Å²) in [5, 5.41) is 16.8. The Labute approximate surface area is 199 Å². The van der Waals surface area contributed by atoms with Crippen molar-refractivity contribution in [1.29, 1.82) is 0 Å². The van der Waals surface area contributed by atoms with Crippen LogP contribution in [0.25, 0.3) is 16.6 Å². The fourth-order valence-corrected chi connectivity index (χ4v) is 6.53. The highest BCUT2D eigenvalue weighted by Gasteiger charge is 2.49. The van der Waals surface area contributed by atoms with Gasteiger partial charge >= 0.3 is 0 Å². The van der Waals surface area contributed by atoms with E-state index in [9.17, 15) is 9.50 Å². The summed E-state index contributed by atoms with van der Waals surface area (Å²) in [7, 11) is 0. The first-order valence-electron chi connectivity index (χ1n) is 12.3. The lowest BCUT2D eigenvalue weighted by Crippen LogP contribution is -2.48. The van der Waals surface area contributed by atoms with Gasteiger partial charge in [-0.1, -0.05) is 6.07 Å². The third-order valence-electron chi connectivity index (χ3n) is 8.20. The van der Waals surface area contributed by atoms with Gasteiger partial charge in [0.2, 0.25) is 0 Å². The number of aromatic nitrogens is 3. The van der Waals surface area contributed by atoms with Crippen molar-refractivity contribution in [3.63, 3.8) is 0 Å². The number of benzene rings is 2. The number of rotatable bonds is 3. The molecule has 2 aromatic carbocycles. The van der Waals surface area contributed by atoms with Crippen LogP contribution in [0.2, 0.25) is 0 Å². The third kappa shape index (κ3) is 3.63. The van der Waals surface area contributed by atoms with E-state index in [2.05, 4.69) is 29.4 Å². The molecule has 174 valence electrons. The highest BCUT2D eigenvalue weighted by Crippen LogP contribution is 2.53. The van der Waals surface area contributed by atoms with Gasteiger partial charge in [-0.05, 0) is 117 Å². The summed E-state index contributed by atoms with van der Waals surface area (Å²) in [6, 6.07) is 17.3. The Kier molecular flexibility index (Phi) is 5.07. The summed E-state index contributed by atoms with van der Waals surface area (Å²) in [5.74, 6) is 0.161. The maximum atomic E-state index is 13.5. The fraction of sp³-hybridized carbons (Fsp3) is 0.379. The summed E-state index contributed by atoms with van der Waals surface area (Å²) < 4.78 is 15.4. The fourth-order valence-electron chi connectivity index (χ4n) is 6.53. The monoisotopic (exact) mass is 455 g/mol. The van der Waals surface area contributed by atoms with Crippen LogP contribution in [0.1, 0.15) is 55.8 Å². The lowest BCUT2D eigenvalue weighted by molar-refractivity contribution is -0.0332. The lowest BCUT2D eigenvalue weighted by Gasteiger charge is -2.49. The van der Waals surface area contributed by atoms with Crippen LogP contribution in [-0.4, -0.2) is 25.5 Å². The van der Waals surface area contributed by atoms with Crippen molar-refractivity contribution in [1.82, 2.24) is 14.8 Å². The standard InChI is InChI=1S/C29H30FN3O/c1-28(34)12-13-29(18-24-7-2-3-14-31-24)22(17-28)6-4-5-20-16-27-21(15-26(20)29)19-32-33(27)25-10-8-23(30)9-11-25/h2-3,7-11,14-16,19,22,34H,4-6,12-13,17-18H2,1H3/t22-,28-,29-/m1/s1. The molecule has 4 nitrogen and oxygen atoms in total. The Morgan fingerprint density at radius 3 is 2.76 bits per heavy atom. The van der Waals surface area contributed by atoms with Crippen molar-refractivity contribution in [2.24, 2.45) is 5.92 Å². The van der Waals surface area contributed by atoms with Gasteiger partial charge in [0.25, 0.3) is 0 Å². The Hall–Kier alpha value is -3.05. The van der Waals surface area contributed by atoms with Crippen LogP contribution in [0.3, 0.4) is 0 Å². The van der Waals surface area contributed by atoms with E-state index < -0.39 is 5.60 Å². The van der Waals surface area contributed by atoms with Crippen molar-refractivity contribution in [3.05, 3.63) is 89.6 Å². The average Bonchev–Trinajstić information content (AvgIpc) is 3.18. The Morgan fingerprint density at radius 1 is 1.12 bits per heavy atom. The number of hydrogen-bond acceptors (Lipinski definition) is 3. The highest BCUT2D eigenvalue weighted by molar-refractivity contribution is 5.82. The maximum Gasteiger partial charge on any atom is 0.123 e. The minimum Gasteiger partial charge on any atom is -0.390 e. The molecule has 2 aromatic heterocycles. The summed E-state index contributed by atoms with van der Waals surface area (Å²) in [6.07, 6.45) is 10.5. The molecule has 3 atom stereocenters. The zero-order valence-electron chi connectivity index (χ0n) is 19.5. The van der Waals surface area contributed by atoms with Crippen LogP contribution in [0, 0.1) is 11.7 Å². The van der Waals surface area contributed by atoms with Crippen LogP contribution in [0.5, 0.6) is 0 Å². The van der Waals surface area contributed by atoms with Gasteiger partial charge < -0.3 is 5.11 Å². The summed E-state index contributed by atoms with van der Waals surface area (Å²) >= 11 is 0. The first kappa shape index (κ1) is 21.5. The predicted molar refractivity (Wildman–Crippen MR) is 132 cm³/mol. The maximum absolute atomic E-state index is 13.5. The Balaban J connectivity index is 1.51. The number of aliphatic hydroxyl groups is 1. The van der Waals surface area contributed by atoms with E-state index in [-0.39, 0.29) is 11.2 Å². The third-order valence-corrected chi connectivity index (χ3v) is 8.20. The molecular formula is C29H30FN3O. The molecule has 2 heterocycles. The Bertz CT molecular complexity index is 1330. The number of nitrogens with zero attached hydrogens (tertiary/aromatic N) is 3. The molecule has 0 bridgehead atoms. The van der Waals surface area contributed by atoms with Gasteiger partial charge in [0, 0.05) is 22.7 Å². The first-order chi connectivity index (χ1) is 16.4. The van der Waals surface area contributed by atoms with Gasteiger partial charge in [0.05, 0.1) is 23.0 Å². The van der Waals surface area contributed by atoms with Gasteiger partial charge in [-0.25, -0.2) is 9.07 Å². The SMILES string of the molecule is C[C@@]1(O)CC[C@]2(Cc3ccccn3)c3cc4cnn(-c5ccc(F)cc5)c4cc3CCC[C@@H]2C1. The molecule has 0 radical (unpaired) electrons. The number of hydrogen-bond donors (Lipinski definition) is 1. The quantitative estimate of drug-likeness (QED) is 0.417. The van der Waals surface area contributed by atoms with Gasteiger partial charge in [-0.3, -0.25) is 4.98 Å². The summed E-state index contributed by atoms with van der Waals surface area (Å²) in [6.45, 7) is 2.00. The zero-order chi connectivity index (χ0) is 23.3. The second kappa shape index (κ2) is 8.02. The van der Waals surface area contributed by atoms with Crippen LogP contribution >= 0.6 is 0 Å². The Morgan fingerprint density at radius 2 is 1.97 bits per heavy atom. The summed E-state index contributed by atoms with van der Waals surface area (Å²) in [5.41, 5.74) is 5.15. The number of halogens is 1. The molecule has 0 spiro atoms. The zero-order valence-corrected chi connectivity index (χ0v) is 19.5. The molecule has 0 saturated heterocycles. The average molecular weight is 456 g/mol. The van der Waals surface area contributed by atoms with Gasteiger partial charge in [-0.2, -0.15) is 5.10 Å². The van der Waals surface area contributed by atoms with Crippen LogP contribution < -0.4 is 0 Å². The molecule has 1 N–H and O–H groups in total. The van der Waals surface area contributed by atoms with Crippen molar-refractivity contribution in [3.8, 4) is 5.69 Å². The second-order valence-electron chi connectivity index (χ2n) is 10.5. The number of aryl methyl sites for hydroxylation is 1. The smallest absolute Gasteiger partial charge is 0.123 e. The van der Waals surface area contributed by atoms with E-state index in [1.165, 1.54) is 23.3 Å². The van der Waals surface area contributed by atoms with Crippen LogP contribution in [-0.2, 0) is 18.3 Å². The number of fused-ring (bicyclic) bond motifs is 4. The molecule has 0 unspecified atom stereocenters. The summed E-state index contributed by atoms with van der Waals surface area (Å²) in [4.78, 5) is 4.70. The lowest BCUT2D eigenvalue weighted by atomic mass is 9.56. The molecule has 0 aliphatic heterocycles. The van der Waals surface area contributed by atoms with Gasteiger partial charge in [0.15, 0.2) is 0 Å². The molecule has 2 aliphatic carbocycles. The number of pyridine rings is 1. The van der Waals surface area contributed by atoms with E-state index in [0.29, 0.717) is 5.92 Å². The van der Waals surface area contributed by atoms with Crippen molar-refractivity contribution in [2.45, 2.75) is 62.9 Å². The molecule has 34 heavy (non-hydrogen) atoms. The topological polar surface area (TPSA) is 50.9 Å². The molecule has 5 heteroatoms.